The monoisotopic (exact) mass is 295 g/mol. The van der Waals surface area contributed by atoms with Crippen LogP contribution in [-0.4, -0.2) is 35.6 Å². The van der Waals surface area contributed by atoms with Crippen molar-refractivity contribution in [1.29, 1.82) is 0 Å². The molecule has 3 heterocycles. The standard InChI is InChI=1S/C15H17N7/c1-2-4-14(22-11-16-9-19-22)12(3-1)7-17-13-5-6-15-18-10-20-21(15)8-13/h1-4,9-11,13,17H,5-8H2/t13-/m0/s1. The lowest BCUT2D eigenvalue weighted by Crippen LogP contribution is -2.37. The van der Waals surface area contributed by atoms with Crippen LogP contribution in [0, 0.1) is 0 Å². The Morgan fingerprint density at radius 1 is 1.18 bits per heavy atom. The zero-order valence-electron chi connectivity index (χ0n) is 12.1. The first-order chi connectivity index (χ1) is 10.9. The van der Waals surface area contributed by atoms with Crippen LogP contribution in [0.5, 0.6) is 0 Å². The molecule has 1 aromatic carbocycles. The van der Waals surface area contributed by atoms with Gasteiger partial charge < -0.3 is 5.32 Å². The highest BCUT2D eigenvalue weighted by Gasteiger charge is 2.19. The van der Waals surface area contributed by atoms with E-state index in [9.17, 15) is 0 Å². The molecule has 1 atom stereocenters. The third-order valence-electron chi connectivity index (χ3n) is 4.04. The van der Waals surface area contributed by atoms with Crippen LogP contribution in [0.4, 0.5) is 0 Å². The molecule has 0 fully saturated rings. The molecule has 1 aliphatic rings. The highest BCUT2D eigenvalue weighted by molar-refractivity contribution is 5.39. The number of rotatable bonds is 4. The van der Waals surface area contributed by atoms with Crippen molar-refractivity contribution in [3.8, 4) is 5.69 Å². The van der Waals surface area contributed by atoms with Crippen LogP contribution in [-0.2, 0) is 19.5 Å². The second-order valence-electron chi connectivity index (χ2n) is 5.44. The fraction of sp³-hybridized carbons (Fsp3) is 0.333. The molecule has 22 heavy (non-hydrogen) atoms. The predicted octanol–water partition coefficient (Wildman–Crippen LogP) is 0.963. The van der Waals surface area contributed by atoms with Gasteiger partial charge in [0.05, 0.1) is 12.2 Å². The summed E-state index contributed by atoms with van der Waals surface area (Å²) in [5, 5.41) is 12.1. The van der Waals surface area contributed by atoms with E-state index in [0.29, 0.717) is 6.04 Å². The Morgan fingerprint density at radius 3 is 3.05 bits per heavy atom. The molecule has 0 unspecified atom stereocenters. The van der Waals surface area contributed by atoms with Gasteiger partial charge in [-0.05, 0) is 18.1 Å². The molecule has 4 rings (SSSR count). The minimum Gasteiger partial charge on any atom is -0.308 e. The van der Waals surface area contributed by atoms with Crippen molar-refractivity contribution < 1.29 is 0 Å². The lowest BCUT2D eigenvalue weighted by molar-refractivity contribution is 0.358. The Bertz CT molecular complexity index is 747. The highest BCUT2D eigenvalue weighted by Crippen LogP contribution is 2.15. The van der Waals surface area contributed by atoms with Crippen molar-refractivity contribution in [3.63, 3.8) is 0 Å². The Kier molecular flexibility index (Phi) is 3.40. The van der Waals surface area contributed by atoms with E-state index in [1.54, 1.807) is 23.7 Å². The number of para-hydroxylation sites is 1. The fourth-order valence-corrected chi connectivity index (χ4v) is 2.87. The third kappa shape index (κ3) is 2.50. The molecular formula is C15H17N7. The van der Waals surface area contributed by atoms with Crippen LogP contribution >= 0.6 is 0 Å². The number of aromatic nitrogens is 6. The number of hydrogen-bond donors (Lipinski definition) is 1. The van der Waals surface area contributed by atoms with Crippen molar-refractivity contribution in [2.24, 2.45) is 0 Å². The van der Waals surface area contributed by atoms with Crippen LogP contribution in [0.3, 0.4) is 0 Å². The number of fused-ring (bicyclic) bond motifs is 1. The largest absolute Gasteiger partial charge is 0.308 e. The minimum atomic E-state index is 0.415. The van der Waals surface area contributed by atoms with E-state index in [2.05, 4.69) is 37.6 Å². The zero-order valence-corrected chi connectivity index (χ0v) is 12.1. The molecule has 0 saturated carbocycles. The molecule has 112 valence electrons. The Hall–Kier alpha value is -2.54. The minimum absolute atomic E-state index is 0.415. The molecule has 2 aromatic heterocycles. The summed E-state index contributed by atoms with van der Waals surface area (Å²) in [5.74, 6) is 1.08. The molecule has 1 N–H and O–H groups in total. The van der Waals surface area contributed by atoms with Crippen molar-refractivity contribution in [2.45, 2.75) is 32.0 Å². The second-order valence-corrected chi connectivity index (χ2v) is 5.44. The molecule has 0 radical (unpaired) electrons. The molecule has 3 aromatic rings. The van der Waals surface area contributed by atoms with Gasteiger partial charge in [0.2, 0.25) is 0 Å². The average Bonchev–Trinajstić information content (AvgIpc) is 3.24. The molecule has 7 nitrogen and oxygen atoms in total. The zero-order chi connectivity index (χ0) is 14.8. The van der Waals surface area contributed by atoms with Crippen LogP contribution < -0.4 is 5.32 Å². The molecule has 7 heteroatoms. The van der Waals surface area contributed by atoms with E-state index in [1.807, 2.05) is 16.8 Å². The molecule has 0 aliphatic carbocycles. The number of aryl methyl sites for hydroxylation is 1. The van der Waals surface area contributed by atoms with Gasteiger partial charge in [-0.3, -0.25) is 0 Å². The average molecular weight is 295 g/mol. The van der Waals surface area contributed by atoms with Crippen LogP contribution in [0.2, 0.25) is 0 Å². The molecule has 0 saturated heterocycles. The maximum Gasteiger partial charge on any atom is 0.138 e. The van der Waals surface area contributed by atoms with Crippen LogP contribution in [0.15, 0.2) is 43.2 Å². The molecule has 0 amide bonds. The molecular weight excluding hydrogens is 278 g/mol. The molecule has 0 spiro atoms. The van der Waals surface area contributed by atoms with E-state index >= 15 is 0 Å². The Morgan fingerprint density at radius 2 is 2.14 bits per heavy atom. The lowest BCUT2D eigenvalue weighted by atomic mass is 10.1. The maximum absolute atomic E-state index is 4.26. The Balaban J connectivity index is 1.47. The first-order valence-electron chi connectivity index (χ1n) is 7.43. The van der Waals surface area contributed by atoms with Gasteiger partial charge in [0, 0.05) is 19.0 Å². The van der Waals surface area contributed by atoms with Gasteiger partial charge in [0.25, 0.3) is 0 Å². The summed E-state index contributed by atoms with van der Waals surface area (Å²) in [7, 11) is 0. The summed E-state index contributed by atoms with van der Waals surface area (Å²) < 4.78 is 3.79. The molecule has 1 aliphatic heterocycles. The highest BCUT2D eigenvalue weighted by atomic mass is 15.3. The normalized spacial score (nSPS) is 17.4. The van der Waals surface area contributed by atoms with Crippen molar-refractivity contribution in [3.05, 3.63) is 54.6 Å². The first kappa shape index (κ1) is 13.1. The van der Waals surface area contributed by atoms with Gasteiger partial charge in [-0.1, -0.05) is 18.2 Å². The van der Waals surface area contributed by atoms with E-state index in [4.69, 9.17) is 0 Å². The quantitative estimate of drug-likeness (QED) is 0.776. The summed E-state index contributed by atoms with van der Waals surface area (Å²) in [6.45, 7) is 1.67. The number of nitrogens with zero attached hydrogens (tertiary/aromatic N) is 6. The van der Waals surface area contributed by atoms with Crippen molar-refractivity contribution in [1.82, 2.24) is 34.8 Å². The van der Waals surface area contributed by atoms with E-state index in [1.165, 1.54) is 5.56 Å². The Labute approximate surface area is 128 Å². The number of nitrogens with one attached hydrogen (secondary N) is 1. The van der Waals surface area contributed by atoms with Gasteiger partial charge in [0.15, 0.2) is 0 Å². The van der Waals surface area contributed by atoms with Gasteiger partial charge in [0.1, 0.15) is 24.8 Å². The van der Waals surface area contributed by atoms with Gasteiger partial charge in [-0.25, -0.2) is 19.3 Å². The van der Waals surface area contributed by atoms with Gasteiger partial charge in [-0.2, -0.15) is 10.2 Å². The van der Waals surface area contributed by atoms with E-state index < -0.39 is 0 Å². The number of hydrogen-bond acceptors (Lipinski definition) is 5. The summed E-state index contributed by atoms with van der Waals surface area (Å²) in [5.41, 5.74) is 2.27. The SMILES string of the molecule is c1ccc(-n2cncn2)c(CN[C@H]2CCc3ncnn3C2)c1. The summed E-state index contributed by atoms with van der Waals surface area (Å²) in [6.07, 6.45) is 6.98. The van der Waals surface area contributed by atoms with Gasteiger partial charge in [-0.15, -0.1) is 0 Å². The second kappa shape index (κ2) is 5.69. The van der Waals surface area contributed by atoms with Gasteiger partial charge >= 0.3 is 0 Å². The number of benzene rings is 1. The third-order valence-corrected chi connectivity index (χ3v) is 4.04. The first-order valence-corrected chi connectivity index (χ1v) is 7.43. The smallest absolute Gasteiger partial charge is 0.138 e. The summed E-state index contributed by atoms with van der Waals surface area (Å²) >= 11 is 0. The van der Waals surface area contributed by atoms with Crippen LogP contribution in [0.25, 0.3) is 5.69 Å². The van der Waals surface area contributed by atoms with Crippen molar-refractivity contribution in [2.75, 3.05) is 0 Å². The molecule has 0 bridgehead atoms. The maximum atomic E-state index is 4.26. The van der Waals surface area contributed by atoms with E-state index in [0.717, 1.165) is 37.4 Å². The van der Waals surface area contributed by atoms with Crippen LogP contribution in [0.1, 0.15) is 17.8 Å². The lowest BCUT2D eigenvalue weighted by Gasteiger charge is -2.24. The van der Waals surface area contributed by atoms with E-state index in [-0.39, 0.29) is 0 Å². The fourth-order valence-electron chi connectivity index (χ4n) is 2.87. The summed E-state index contributed by atoms with van der Waals surface area (Å²) in [4.78, 5) is 8.28. The summed E-state index contributed by atoms with van der Waals surface area (Å²) in [6, 6.07) is 8.66. The predicted molar refractivity (Wildman–Crippen MR) is 80.3 cm³/mol. The van der Waals surface area contributed by atoms with Crippen molar-refractivity contribution >= 4 is 0 Å². The topological polar surface area (TPSA) is 73.5 Å².